The van der Waals surface area contributed by atoms with E-state index in [1.54, 1.807) is 4.90 Å². The van der Waals surface area contributed by atoms with E-state index < -0.39 is 6.04 Å². The van der Waals surface area contributed by atoms with E-state index in [0.29, 0.717) is 19.0 Å². The molecule has 0 aliphatic carbocycles. The Labute approximate surface area is 162 Å². The standard InChI is InChI=1S/C23H30N2O2/c1-17(2)15-24-22(26)21(20-13-9-6-10-14-20)25(23(27)18(3)4)16-19-11-7-5-8-12-19/h5-14,17-18,21H,15-16H2,1-4H3,(H,24,26)/t21-/m1/s1. The van der Waals surface area contributed by atoms with Gasteiger partial charge in [0.15, 0.2) is 0 Å². The van der Waals surface area contributed by atoms with Crippen molar-refractivity contribution in [2.75, 3.05) is 6.54 Å². The summed E-state index contributed by atoms with van der Waals surface area (Å²) in [4.78, 5) is 27.9. The Morgan fingerprint density at radius 2 is 1.44 bits per heavy atom. The van der Waals surface area contributed by atoms with Crippen molar-refractivity contribution < 1.29 is 9.59 Å². The summed E-state index contributed by atoms with van der Waals surface area (Å²) in [6.45, 7) is 8.82. The topological polar surface area (TPSA) is 49.4 Å². The van der Waals surface area contributed by atoms with Crippen LogP contribution in [0.5, 0.6) is 0 Å². The SMILES string of the molecule is CC(C)CNC(=O)[C@@H](c1ccccc1)N(Cc1ccccc1)C(=O)C(C)C. The number of hydrogen-bond donors (Lipinski definition) is 1. The van der Waals surface area contributed by atoms with Crippen molar-refractivity contribution in [2.45, 2.75) is 40.3 Å². The fourth-order valence-corrected chi connectivity index (χ4v) is 2.92. The zero-order chi connectivity index (χ0) is 19.8. The van der Waals surface area contributed by atoms with E-state index in [0.717, 1.165) is 11.1 Å². The lowest BCUT2D eigenvalue weighted by Gasteiger charge is -2.33. The maximum atomic E-state index is 13.1. The van der Waals surface area contributed by atoms with Crippen molar-refractivity contribution in [1.82, 2.24) is 10.2 Å². The van der Waals surface area contributed by atoms with Gasteiger partial charge in [-0.1, -0.05) is 88.4 Å². The van der Waals surface area contributed by atoms with Crippen molar-refractivity contribution in [2.24, 2.45) is 11.8 Å². The van der Waals surface area contributed by atoms with E-state index in [4.69, 9.17) is 0 Å². The second-order valence-electron chi connectivity index (χ2n) is 7.56. The fourth-order valence-electron chi connectivity index (χ4n) is 2.92. The van der Waals surface area contributed by atoms with Crippen molar-refractivity contribution in [3.8, 4) is 0 Å². The summed E-state index contributed by atoms with van der Waals surface area (Å²) >= 11 is 0. The van der Waals surface area contributed by atoms with E-state index in [-0.39, 0.29) is 17.7 Å². The lowest BCUT2D eigenvalue weighted by atomic mass is 10.0. The van der Waals surface area contributed by atoms with Crippen LogP contribution in [0.2, 0.25) is 0 Å². The van der Waals surface area contributed by atoms with Crippen LogP contribution in [0.3, 0.4) is 0 Å². The summed E-state index contributed by atoms with van der Waals surface area (Å²) < 4.78 is 0. The van der Waals surface area contributed by atoms with Crippen molar-refractivity contribution in [3.05, 3.63) is 71.8 Å². The van der Waals surface area contributed by atoms with Gasteiger partial charge < -0.3 is 10.2 Å². The second-order valence-corrected chi connectivity index (χ2v) is 7.56. The molecular formula is C23H30N2O2. The molecule has 0 spiro atoms. The number of hydrogen-bond acceptors (Lipinski definition) is 2. The van der Waals surface area contributed by atoms with E-state index >= 15 is 0 Å². The van der Waals surface area contributed by atoms with Gasteiger partial charge in [-0.05, 0) is 17.0 Å². The van der Waals surface area contributed by atoms with Crippen LogP contribution in [0.1, 0.15) is 44.9 Å². The minimum absolute atomic E-state index is 0.0348. The largest absolute Gasteiger partial charge is 0.354 e. The van der Waals surface area contributed by atoms with Gasteiger partial charge in [0, 0.05) is 19.0 Å². The molecule has 0 aliphatic heterocycles. The van der Waals surface area contributed by atoms with Crippen molar-refractivity contribution >= 4 is 11.8 Å². The van der Waals surface area contributed by atoms with Crippen LogP contribution in [0.15, 0.2) is 60.7 Å². The molecule has 1 N–H and O–H groups in total. The average Bonchev–Trinajstić information content (AvgIpc) is 2.66. The zero-order valence-corrected chi connectivity index (χ0v) is 16.7. The Morgan fingerprint density at radius 1 is 0.889 bits per heavy atom. The van der Waals surface area contributed by atoms with Gasteiger partial charge in [0.2, 0.25) is 11.8 Å². The number of carbonyl (C=O) groups is 2. The molecule has 0 saturated heterocycles. The minimum Gasteiger partial charge on any atom is -0.354 e. The molecule has 4 nitrogen and oxygen atoms in total. The Morgan fingerprint density at radius 3 is 1.96 bits per heavy atom. The quantitative estimate of drug-likeness (QED) is 0.762. The van der Waals surface area contributed by atoms with Gasteiger partial charge in [0.25, 0.3) is 0 Å². The van der Waals surface area contributed by atoms with Gasteiger partial charge in [-0.25, -0.2) is 0 Å². The van der Waals surface area contributed by atoms with Crippen LogP contribution < -0.4 is 5.32 Å². The Hall–Kier alpha value is -2.62. The predicted molar refractivity (Wildman–Crippen MR) is 109 cm³/mol. The highest BCUT2D eigenvalue weighted by Gasteiger charge is 2.32. The molecule has 27 heavy (non-hydrogen) atoms. The van der Waals surface area contributed by atoms with Crippen LogP contribution >= 0.6 is 0 Å². The first-order chi connectivity index (χ1) is 12.9. The lowest BCUT2D eigenvalue weighted by molar-refractivity contribution is -0.144. The van der Waals surface area contributed by atoms with Gasteiger partial charge in [-0.3, -0.25) is 9.59 Å². The molecule has 4 heteroatoms. The molecule has 0 bridgehead atoms. The number of nitrogens with one attached hydrogen (secondary N) is 1. The summed E-state index contributed by atoms with van der Waals surface area (Å²) in [7, 11) is 0. The maximum absolute atomic E-state index is 13.1. The highest BCUT2D eigenvalue weighted by atomic mass is 16.2. The summed E-state index contributed by atoms with van der Waals surface area (Å²) in [5.41, 5.74) is 1.83. The third kappa shape index (κ3) is 5.95. The van der Waals surface area contributed by atoms with E-state index in [9.17, 15) is 9.59 Å². The van der Waals surface area contributed by atoms with E-state index in [1.165, 1.54) is 0 Å². The number of nitrogens with zero attached hydrogens (tertiary/aromatic N) is 1. The highest BCUT2D eigenvalue weighted by molar-refractivity contribution is 5.89. The molecule has 0 heterocycles. The Balaban J connectivity index is 2.41. The molecule has 0 saturated carbocycles. The van der Waals surface area contributed by atoms with E-state index in [1.807, 2.05) is 74.5 Å². The van der Waals surface area contributed by atoms with Crippen LogP contribution in [-0.4, -0.2) is 23.3 Å². The van der Waals surface area contributed by atoms with Crippen LogP contribution in [0.25, 0.3) is 0 Å². The predicted octanol–water partition coefficient (Wildman–Crippen LogP) is 4.18. The third-order valence-corrected chi connectivity index (χ3v) is 4.33. The highest BCUT2D eigenvalue weighted by Crippen LogP contribution is 2.25. The third-order valence-electron chi connectivity index (χ3n) is 4.33. The monoisotopic (exact) mass is 366 g/mol. The number of carbonyl (C=O) groups excluding carboxylic acids is 2. The second kappa shape index (κ2) is 9.91. The van der Waals surface area contributed by atoms with Gasteiger partial charge in [0.1, 0.15) is 6.04 Å². The summed E-state index contributed by atoms with van der Waals surface area (Å²) in [5.74, 6) is -0.0289. The normalized spacial score (nSPS) is 12.1. The smallest absolute Gasteiger partial charge is 0.247 e. The van der Waals surface area contributed by atoms with Gasteiger partial charge in [0.05, 0.1) is 0 Å². The van der Waals surface area contributed by atoms with Crippen LogP contribution in [-0.2, 0) is 16.1 Å². The first-order valence-corrected chi connectivity index (χ1v) is 9.57. The van der Waals surface area contributed by atoms with E-state index in [2.05, 4.69) is 19.2 Å². The summed E-state index contributed by atoms with van der Waals surface area (Å²) in [5, 5.41) is 3.01. The molecule has 1 atom stereocenters. The molecule has 144 valence electrons. The first-order valence-electron chi connectivity index (χ1n) is 9.57. The number of benzene rings is 2. The van der Waals surface area contributed by atoms with Gasteiger partial charge in [-0.15, -0.1) is 0 Å². The molecule has 2 amide bonds. The molecule has 2 aromatic carbocycles. The average molecular weight is 367 g/mol. The number of rotatable bonds is 8. The molecule has 0 radical (unpaired) electrons. The molecule has 0 unspecified atom stereocenters. The van der Waals surface area contributed by atoms with Gasteiger partial charge in [-0.2, -0.15) is 0 Å². The van der Waals surface area contributed by atoms with Gasteiger partial charge >= 0.3 is 0 Å². The van der Waals surface area contributed by atoms with Crippen LogP contribution in [0, 0.1) is 11.8 Å². The van der Waals surface area contributed by atoms with Crippen molar-refractivity contribution in [1.29, 1.82) is 0 Å². The molecule has 0 fully saturated rings. The first kappa shape index (κ1) is 20.7. The van der Waals surface area contributed by atoms with Crippen molar-refractivity contribution in [3.63, 3.8) is 0 Å². The summed E-state index contributed by atoms with van der Waals surface area (Å²) in [6, 6.07) is 18.7. The maximum Gasteiger partial charge on any atom is 0.247 e. The lowest BCUT2D eigenvalue weighted by Crippen LogP contribution is -2.45. The molecule has 0 aliphatic rings. The molecular weight excluding hydrogens is 336 g/mol. The Kier molecular flexibility index (Phi) is 7.59. The Bertz CT molecular complexity index is 727. The van der Waals surface area contributed by atoms with Crippen LogP contribution in [0.4, 0.5) is 0 Å². The minimum atomic E-state index is -0.653. The summed E-state index contributed by atoms with van der Waals surface area (Å²) in [6.07, 6.45) is 0. The zero-order valence-electron chi connectivity index (χ0n) is 16.7. The number of amides is 2. The fraction of sp³-hybridized carbons (Fsp3) is 0.391. The molecule has 2 aromatic rings. The molecule has 0 aromatic heterocycles. The molecule has 2 rings (SSSR count).